The van der Waals surface area contributed by atoms with Gasteiger partial charge in [-0.3, -0.25) is 0 Å². The summed E-state index contributed by atoms with van der Waals surface area (Å²) < 4.78 is 5.74. The lowest BCUT2D eigenvalue weighted by Gasteiger charge is -2.12. The Labute approximate surface area is 118 Å². The number of aryl methyl sites for hydroxylation is 1. The first kappa shape index (κ1) is 14.0. The molecule has 1 aromatic heterocycles. The zero-order valence-electron chi connectivity index (χ0n) is 11.5. The van der Waals surface area contributed by atoms with Crippen LogP contribution in [0.5, 0.6) is 5.75 Å². The second kappa shape index (κ2) is 6.18. The third-order valence-corrected chi connectivity index (χ3v) is 3.01. The molecule has 1 atom stereocenters. The van der Waals surface area contributed by atoms with Crippen LogP contribution in [0.25, 0.3) is 0 Å². The van der Waals surface area contributed by atoms with Crippen LogP contribution in [0.2, 0.25) is 0 Å². The molecule has 0 fully saturated rings. The Morgan fingerprint density at radius 3 is 2.80 bits per heavy atom. The molecular formula is C16H16N2O2. The maximum absolute atomic E-state index is 9.53. The number of rotatable bonds is 4. The maximum Gasteiger partial charge on any atom is 0.140 e. The predicted octanol–water partition coefficient (Wildman–Crippen LogP) is 2.89. The number of ether oxygens (including phenoxy) is 1. The van der Waals surface area contributed by atoms with Gasteiger partial charge in [-0.2, -0.15) is 5.26 Å². The molecule has 0 unspecified atom stereocenters. The summed E-state index contributed by atoms with van der Waals surface area (Å²) in [6.07, 6.45) is 1.11. The maximum atomic E-state index is 9.53. The van der Waals surface area contributed by atoms with Gasteiger partial charge in [-0.05, 0) is 54.8 Å². The average molecular weight is 268 g/mol. The molecule has 4 heteroatoms. The molecule has 0 radical (unpaired) electrons. The van der Waals surface area contributed by atoms with E-state index in [1.807, 2.05) is 37.3 Å². The molecule has 0 amide bonds. The van der Waals surface area contributed by atoms with Crippen LogP contribution in [0.4, 0.5) is 0 Å². The number of nitriles is 1. The van der Waals surface area contributed by atoms with Crippen LogP contribution >= 0.6 is 0 Å². The lowest BCUT2D eigenvalue weighted by molar-refractivity contribution is 0.199. The van der Waals surface area contributed by atoms with Crippen LogP contribution in [0.1, 0.15) is 35.4 Å². The number of benzene rings is 1. The van der Waals surface area contributed by atoms with E-state index < -0.39 is 6.10 Å². The fourth-order valence-electron chi connectivity index (χ4n) is 1.88. The van der Waals surface area contributed by atoms with E-state index in [9.17, 15) is 5.11 Å². The van der Waals surface area contributed by atoms with Crippen LogP contribution in [0, 0.1) is 18.3 Å². The van der Waals surface area contributed by atoms with E-state index in [0.29, 0.717) is 12.3 Å². The van der Waals surface area contributed by atoms with E-state index in [1.54, 1.807) is 19.2 Å². The van der Waals surface area contributed by atoms with Crippen LogP contribution < -0.4 is 4.74 Å². The molecule has 2 rings (SSSR count). The molecule has 1 heterocycles. The highest BCUT2D eigenvalue weighted by atomic mass is 16.5. The van der Waals surface area contributed by atoms with Crippen molar-refractivity contribution >= 4 is 0 Å². The third-order valence-electron chi connectivity index (χ3n) is 3.01. The molecule has 0 saturated heterocycles. The van der Waals surface area contributed by atoms with Gasteiger partial charge in [0.25, 0.3) is 0 Å². The molecule has 0 aliphatic rings. The summed E-state index contributed by atoms with van der Waals surface area (Å²) in [7, 11) is 0. The first-order valence-electron chi connectivity index (χ1n) is 6.36. The average Bonchev–Trinajstić information content (AvgIpc) is 2.46. The Morgan fingerprint density at radius 2 is 2.15 bits per heavy atom. The molecule has 0 saturated carbocycles. The molecule has 0 bridgehead atoms. The van der Waals surface area contributed by atoms with E-state index in [1.165, 1.54) is 0 Å². The standard InChI is InChI=1S/C16H16N2O2/c1-11-7-14(12(2)19)3-4-16(11)20-10-13-5-6-18-15(8-13)9-17/h3-8,12,19H,10H2,1-2H3/t12-/m1/s1. The Hall–Kier alpha value is -2.38. The van der Waals surface area contributed by atoms with Crippen molar-refractivity contribution in [1.82, 2.24) is 4.98 Å². The van der Waals surface area contributed by atoms with Gasteiger partial charge in [0.2, 0.25) is 0 Å². The number of aliphatic hydroxyl groups is 1. The smallest absolute Gasteiger partial charge is 0.140 e. The molecule has 4 nitrogen and oxygen atoms in total. The minimum absolute atomic E-state index is 0.381. The number of hydrogen-bond donors (Lipinski definition) is 1. The van der Waals surface area contributed by atoms with Crippen LogP contribution in [0.15, 0.2) is 36.5 Å². The van der Waals surface area contributed by atoms with Gasteiger partial charge in [-0.25, -0.2) is 4.98 Å². The van der Waals surface area contributed by atoms with Gasteiger partial charge >= 0.3 is 0 Å². The minimum Gasteiger partial charge on any atom is -0.489 e. The lowest BCUT2D eigenvalue weighted by Crippen LogP contribution is -1.99. The van der Waals surface area contributed by atoms with E-state index in [-0.39, 0.29) is 0 Å². The number of hydrogen-bond acceptors (Lipinski definition) is 4. The molecular weight excluding hydrogens is 252 g/mol. The zero-order chi connectivity index (χ0) is 14.5. The SMILES string of the molecule is Cc1cc([C@@H](C)O)ccc1OCc1ccnc(C#N)c1. The van der Waals surface area contributed by atoms with E-state index in [4.69, 9.17) is 10.00 Å². The first-order chi connectivity index (χ1) is 9.60. The number of aromatic nitrogens is 1. The van der Waals surface area contributed by atoms with Gasteiger partial charge in [0.1, 0.15) is 24.1 Å². The number of pyridine rings is 1. The second-order valence-electron chi connectivity index (χ2n) is 4.65. The quantitative estimate of drug-likeness (QED) is 0.925. The van der Waals surface area contributed by atoms with Crippen molar-refractivity contribution < 1.29 is 9.84 Å². The van der Waals surface area contributed by atoms with E-state index in [2.05, 4.69) is 4.98 Å². The van der Waals surface area contributed by atoms with Crippen molar-refractivity contribution in [2.45, 2.75) is 26.6 Å². The third kappa shape index (κ3) is 3.34. The minimum atomic E-state index is -0.485. The summed E-state index contributed by atoms with van der Waals surface area (Å²) in [5.41, 5.74) is 3.12. The van der Waals surface area contributed by atoms with Gasteiger partial charge in [0.15, 0.2) is 0 Å². The summed E-state index contributed by atoms with van der Waals surface area (Å²) in [6.45, 7) is 4.05. The van der Waals surface area contributed by atoms with Crippen molar-refractivity contribution in [2.75, 3.05) is 0 Å². The fourth-order valence-corrected chi connectivity index (χ4v) is 1.88. The molecule has 1 N–H and O–H groups in total. The molecule has 2 aromatic rings. The fraction of sp³-hybridized carbons (Fsp3) is 0.250. The predicted molar refractivity (Wildman–Crippen MR) is 75.1 cm³/mol. The normalized spacial score (nSPS) is 11.7. The summed E-state index contributed by atoms with van der Waals surface area (Å²) >= 11 is 0. The number of nitrogens with zero attached hydrogens (tertiary/aromatic N) is 2. The molecule has 0 spiro atoms. The van der Waals surface area contributed by atoms with E-state index in [0.717, 1.165) is 22.4 Å². The first-order valence-corrected chi connectivity index (χ1v) is 6.36. The Bertz CT molecular complexity index is 645. The van der Waals surface area contributed by atoms with Crippen LogP contribution in [-0.2, 0) is 6.61 Å². The second-order valence-corrected chi connectivity index (χ2v) is 4.65. The summed E-state index contributed by atoms with van der Waals surface area (Å²) in [5.74, 6) is 0.768. The van der Waals surface area contributed by atoms with Crippen LogP contribution in [0.3, 0.4) is 0 Å². The van der Waals surface area contributed by atoms with Gasteiger partial charge in [0.05, 0.1) is 6.10 Å². The van der Waals surface area contributed by atoms with Crippen molar-refractivity contribution in [1.29, 1.82) is 5.26 Å². The molecule has 102 valence electrons. The molecule has 20 heavy (non-hydrogen) atoms. The van der Waals surface area contributed by atoms with Gasteiger partial charge < -0.3 is 9.84 Å². The molecule has 1 aromatic carbocycles. The van der Waals surface area contributed by atoms with Crippen molar-refractivity contribution in [3.8, 4) is 11.8 Å². The lowest BCUT2D eigenvalue weighted by atomic mass is 10.1. The molecule has 0 aliphatic heterocycles. The summed E-state index contributed by atoms with van der Waals surface area (Å²) in [5, 5.41) is 18.3. The van der Waals surface area contributed by atoms with Crippen LogP contribution in [-0.4, -0.2) is 10.1 Å². The Morgan fingerprint density at radius 1 is 1.35 bits per heavy atom. The van der Waals surface area contributed by atoms with E-state index >= 15 is 0 Å². The highest BCUT2D eigenvalue weighted by Crippen LogP contribution is 2.23. The van der Waals surface area contributed by atoms with Crippen molar-refractivity contribution in [2.24, 2.45) is 0 Å². The van der Waals surface area contributed by atoms with Crippen molar-refractivity contribution in [3.05, 3.63) is 58.9 Å². The number of aliphatic hydroxyl groups excluding tert-OH is 1. The summed E-state index contributed by atoms with van der Waals surface area (Å²) in [6, 6.07) is 11.1. The summed E-state index contributed by atoms with van der Waals surface area (Å²) in [4.78, 5) is 3.92. The largest absolute Gasteiger partial charge is 0.489 e. The van der Waals surface area contributed by atoms with Gasteiger partial charge in [-0.15, -0.1) is 0 Å². The molecule has 0 aliphatic carbocycles. The topological polar surface area (TPSA) is 66.1 Å². The van der Waals surface area contributed by atoms with Crippen molar-refractivity contribution in [3.63, 3.8) is 0 Å². The monoisotopic (exact) mass is 268 g/mol. The highest BCUT2D eigenvalue weighted by molar-refractivity contribution is 5.37. The zero-order valence-corrected chi connectivity index (χ0v) is 11.5. The van der Waals surface area contributed by atoms with Gasteiger partial charge in [-0.1, -0.05) is 6.07 Å². The Kier molecular flexibility index (Phi) is 4.34. The van der Waals surface area contributed by atoms with Gasteiger partial charge in [0, 0.05) is 6.20 Å². The Balaban J connectivity index is 2.09. The highest BCUT2D eigenvalue weighted by Gasteiger charge is 2.05.